The van der Waals surface area contributed by atoms with Crippen LogP contribution in [-0.2, 0) is 0 Å². The molecule has 0 spiro atoms. The fraction of sp³-hybridized carbons (Fsp3) is 0.333. The van der Waals surface area contributed by atoms with Gasteiger partial charge in [0.05, 0.1) is 0 Å². The van der Waals surface area contributed by atoms with Gasteiger partial charge in [0, 0.05) is 18.8 Å². The van der Waals surface area contributed by atoms with Gasteiger partial charge in [0.25, 0.3) is 5.91 Å². The zero-order valence-electron chi connectivity index (χ0n) is 11.6. The van der Waals surface area contributed by atoms with Gasteiger partial charge in [-0.25, -0.2) is 9.07 Å². The van der Waals surface area contributed by atoms with Gasteiger partial charge in [-0.2, -0.15) is 5.10 Å². The van der Waals surface area contributed by atoms with Gasteiger partial charge in [0.2, 0.25) is 0 Å². The van der Waals surface area contributed by atoms with E-state index in [4.69, 9.17) is 0 Å². The Morgan fingerprint density at radius 3 is 3.00 bits per heavy atom. The van der Waals surface area contributed by atoms with E-state index in [1.807, 2.05) is 0 Å². The predicted octanol–water partition coefficient (Wildman–Crippen LogP) is 1.49. The summed E-state index contributed by atoms with van der Waals surface area (Å²) in [6, 6.07) is 8.06. The Balaban J connectivity index is 1.72. The van der Waals surface area contributed by atoms with E-state index >= 15 is 0 Å². The van der Waals surface area contributed by atoms with Crippen molar-refractivity contribution in [2.75, 3.05) is 13.1 Å². The van der Waals surface area contributed by atoms with Crippen LogP contribution in [0.2, 0.25) is 0 Å². The summed E-state index contributed by atoms with van der Waals surface area (Å²) in [5.41, 5.74) is 0.625. The lowest BCUT2D eigenvalue weighted by Crippen LogP contribution is -2.45. The molecule has 0 bridgehead atoms. The summed E-state index contributed by atoms with van der Waals surface area (Å²) in [6.07, 6.45) is 3.60. The van der Waals surface area contributed by atoms with Crippen molar-refractivity contribution < 1.29 is 9.18 Å². The third-order valence-corrected chi connectivity index (χ3v) is 3.55. The number of halogens is 1. The number of para-hydroxylation sites is 1. The molecule has 1 saturated heterocycles. The molecule has 0 saturated carbocycles. The van der Waals surface area contributed by atoms with Gasteiger partial charge in [0.1, 0.15) is 11.5 Å². The molecule has 1 atom stereocenters. The third-order valence-electron chi connectivity index (χ3n) is 3.55. The number of benzene rings is 1. The Morgan fingerprint density at radius 2 is 2.24 bits per heavy atom. The molecule has 0 radical (unpaired) electrons. The van der Waals surface area contributed by atoms with E-state index in [-0.39, 0.29) is 17.8 Å². The number of piperidine rings is 1. The maximum atomic E-state index is 13.7. The first-order valence-electron chi connectivity index (χ1n) is 7.06. The Kier molecular flexibility index (Phi) is 3.96. The summed E-state index contributed by atoms with van der Waals surface area (Å²) >= 11 is 0. The van der Waals surface area contributed by atoms with E-state index in [9.17, 15) is 9.18 Å². The minimum atomic E-state index is -0.371. The molecule has 0 unspecified atom stereocenters. The molecule has 6 heteroatoms. The van der Waals surface area contributed by atoms with Gasteiger partial charge in [-0.3, -0.25) is 4.79 Å². The van der Waals surface area contributed by atoms with Crippen molar-refractivity contribution in [3.63, 3.8) is 0 Å². The Morgan fingerprint density at radius 1 is 1.38 bits per heavy atom. The molecule has 1 aliphatic rings. The monoisotopic (exact) mass is 288 g/mol. The fourth-order valence-electron chi connectivity index (χ4n) is 2.45. The van der Waals surface area contributed by atoms with Crippen molar-refractivity contribution in [1.29, 1.82) is 0 Å². The van der Waals surface area contributed by atoms with E-state index in [0.29, 0.717) is 11.4 Å². The number of carbonyl (C=O) groups is 1. The quantitative estimate of drug-likeness (QED) is 0.899. The highest BCUT2D eigenvalue weighted by atomic mass is 19.1. The molecule has 21 heavy (non-hydrogen) atoms. The average molecular weight is 288 g/mol. The van der Waals surface area contributed by atoms with Gasteiger partial charge in [-0.1, -0.05) is 12.1 Å². The van der Waals surface area contributed by atoms with E-state index in [1.54, 1.807) is 30.5 Å². The molecule has 2 N–H and O–H groups in total. The normalized spacial score (nSPS) is 18.4. The van der Waals surface area contributed by atoms with Gasteiger partial charge in [-0.05, 0) is 37.6 Å². The molecule has 1 fully saturated rings. The summed E-state index contributed by atoms with van der Waals surface area (Å²) in [6.45, 7) is 1.77. The Labute approximate surface area is 122 Å². The second-order valence-corrected chi connectivity index (χ2v) is 5.11. The lowest BCUT2D eigenvalue weighted by atomic mass is 10.1. The van der Waals surface area contributed by atoms with Crippen molar-refractivity contribution in [3.8, 4) is 5.69 Å². The first kappa shape index (κ1) is 13.8. The molecule has 1 aromatic carbocycles. The zero-order chi connectivity index (χ0) is 14.7. The van der Waals surface area contributed by atoms with E-state index < -0.39 is 0 Å². The van der Waals surface area contributed by atoms with Crippen molar-refractivity contribution in [1.82, 2.24) is 20.4 Å². The smallest absolute Gasteiger partial charge is 0.272 e. The summed E-state index contributed by atoms with van der Waals surface area (Å²) in [5, 5.41) is 10.3. The standard InChI is InChI=1S/C15H17FN4O/c16-12-5-1-2-6-14(12)20-9-7-13(19-20)15(21)18-11-4-3-8-17-10-11/h1-2,5-7,9,11,17H,3-4,8,10H2,(H,18,21)/t11-/m0/s1. The lowest BCUT2D eigenvalue weighted by Gasteiger charge is -2.23. The molecule has 3 rings (SSSR count). The highest BCUT2D eigenvalue weighted by Crippen LogP contribution is 2.12. The van der Waals surface area contributed by atoms with Crippen molar-refractivity contribution in [3.05, 3.63) is 48.0 Å². The summed E-state index contributed by atoms with van der Waals surface area (Å²) in [5.74, 6) is -0.595. The maximum Gasteiger partial charge on any atom is 0.272 e. The van der Waals surface area contributed by atoms with Crippen LogP contribution < -0.4 is 10.6 Å². The number of aromatic nitrogens is 2. The van der Waals surface area contributed by atoms with Crippen LogP contribution in [0.3, 0.4) is 0 Å². The van der Waals surface area contributed by atoms with Gasteiger partial charge in [0.15, 0.2) is 5.69 Å². The number of hydrogen-bond donors (Lipinski definition) is 2. The second-order valence-electron chi connectivity index (χ2n) is 5.11. The minimum absolute atomic E-state index is 0.130. The van der Waals surface area contributed by atoms with Gasteiger partial charge >= 0.3 is 0 Å². The van der Waals surface area contributed by atoms with Crippen molar-refractivity contribution >= 4 is 5.91 Å². The first-order valence-corrected chi connectivity index (χ1v) is 7.06. The zero-order valence-corrected chi connectivity index (χ0v) is 11.6. The molecule has 5 nitrogen and oxygen atoms in total. The highest BCUT2D eigenvalue weighted by Gasteiger charge is 2.18. The Hall–Kier alpha value is -2.21. The van der Waals surface area contributed by atoms with E-state index in [2.05, 4.69) is 15.7 Å². The number of rotatable bonds is 3. The number of hydrogen-bond acceptors (Lipinski definition) is 3. The molecule has 0 aliphatic carbocycles. The summed E-state index contributed by atoms with van der Waals surface area (Å²) in [4.78, 5) is 12.1. The molecular formula is C15H17FN4O. The minimum Gasteiger partial charge on any atom is -0.347 e. The van der Waals surface area contributed by atoms with Crippen LogP contribution in [0, 0.1) is 5.82 Å². The molecule has 1 aromatic heterocycles. The summed E-state index contributed by atoms with van der Waals surface area (Å²) in [7, 11) is 0. The van der Waals surface area contributed by atoms with Crippen LogP contribution in [0.4, 0.5) is 4.39 Å². The predicted molar refractivity (Wildman–Crippen MR) is 76.9 cm³/mol. The van der Waals surface area contributed by atoms with Crippen molar-refractivity contribution in [2.24, 2.45) is 0 Å². The summed E-state index contributed by atoms with van der Waals surface area (Å²) < 4.78 is 15.1. The topological polar surface area (TPSA) is 59.0 Å². The Bertz CT molecular complexity index is 634. The number of carbonyl (C=O) groups excluding carboxylic acids is 1. The number of nitrogens with one attached hydrogen (secondary N) is 2. The molecule has 1 aliphatic heterocycles. The first-order chi connectivity index (χ1) is 10.2. The van der Waals surface area contributed by atoms with Crippen LogP contribution in [0.15, 0.2) is 36.5 Å². The second kappa shape index (κ2) is 6.05. The highest BCUT2D eigenvalue weighted by molar-refractivity contribution is 5.92. The van der Waals surface area contributed by atoms with Crippen LogP contribution >= 0.6 is 0 Å². The molecule has 1 amide bonds. The molecule has 110 valence electrons. The maximum absolute atomic E-state index is 13.7. The van der Waals surface area contributed by atoms with Crippen LogP contribution in [0.1, 0.15) is 23.3 Å². The van der Waals surface area contributed by atoms with Gasteiger partial charge in [-0.15, -0.1) is 0 Å². The van der Waals surface area contributed by atoms with Crippen LogP contribution in [-0.4, -0.2) is 34.8 Å². The SMILES string of the molecule is O=C(N[C@H]1CCCNC1)c1ccn(-c2ccccc2F)n1. The molecular weight excluding hydrogens is 271 g/mol. The van der Waals surface area contributed by atoms with E-state index in [1.165, 1.54) is 10.7 Å². The van der Waals surface area contributed by atoms with Crippen LogP contribution in [0.5, 0.6) is 0 Å². The fourth-order valence-corrected chi connectivity index (χ4v) is 2.45. The largest absolute Gasteiger partial charge is 0.347 e. The lowest BCUT2D eigenvalue weighted by molar-refractivity contribution is 0.0925. The average Bonchev–Trinajstić information content (AvgIpc) is 2.98. The van der Waals surface area contributed by atoms with E-state index in [0.717, 1.165) is 25.9 Å². The van der Waals surface area contributed by atoms with Crippen molar-refractivity contribution in [2.45, 2.75) is 18.9 Å². The molecule has 2 aromatic rings. The molecule has 2 heterocycles. The van der Waals surface area contributed by atoms with Gasteiger partial charge < -0.3 is 10.6 Å². The third kappa shape index (κ3) is 3.11. The number of nitrogens with zero attached hydrogens (tertiary/aromatic N) is 2. The van der Waals surface area contributed by atoms with Crippen LogP contribution in [0.25, 0.3) is 5.69 Å². The number of amides is 1.